The molecule has 0 aliphatic carbocycles. The average Bonchev–Trinajstić information content (AvgIpc) is 2.70. The predicted octanol–water partition coefficient (Wildman–Crippen LogP) is 2.75. The van der Waals surface area contributed by atoms with Crippen molar-refractivity contribution in [3.05, 3.63) is 59.2 Å². The smallest absolute Gasteiger partial charge is 0.266 e. The van der Waals surface area contributed by atoms with Crippen molar-refractivity contribution in [2.75, 3.05) is 10.2 Å². The molecule has 0 radical (unpaired) electrons. The second kappa shape index (κ2) is 5.11. The van der Waals surface area contributed by atoms with Gasteiger partial charge in [-0.15, -0.1) is 0 Å². The van der Waals surface area contributed by atoms with E-state index >= 15 is 0 Å². The van der Waals surface area contributed by atoms with Crippen molar-refractivity contribution >= 4 is 29.1 Å². The monoisotopic (exact) mass is 294 g/mol. The number of nitrogens with zero attached hydrogens (tertiary/aromatic N) is 1. The summed E-state index contributed by atoms with van der Waals surface area (Å²) in [6, 6.07) is 11.9. The van der Waals surface area contributed by atoms with Crippen molar-refractivity contribution in [1.82, 2.24) is 0 Å². The molecular formula is C17H14N2O3. The van der Waals surface area contributed by atoms with Crippen LogP contribution in [0.1, 0.15) is 33.2 Å². The minimum Gasteiger partial charge on any atom is -0.326 e. The van der Waals surface area contributed by atoms with Gasteiger partial charge < -0.3 is 5.32 Å². The van der Waals surface area contributed by atoms with Gasteiger partial charge in [-0.2, -0.15) is 0 Å². The van der Waals surface area contributed by atoms with Crippen LogP contribution in [0.2, 0.25) is 0 Å². The standard InChI is InChI=1S/C17H14N2O3/c1-10-4-3-5-13(8-10)19-16(21)14-7-6-12(18-11(2)20)9-15(14)17(19)22/h3-9H,1-2H3,(H,18,20). The Balaban J connectivity index is 2.03. The van der Waals surface area contributed by atoms with Crippen LogP contribution in [-0.2, 0) is 4.79 Å². The van der Waals surface area contributed by atoms with Crippen LogP contribution < -0.4 is 10.2 Å². The van der Waals surface area contributed by atoms with Crippen LogP contribution >= 0.6 is 0 Å². The Labute approximate surface area is 127 Å². The van der Waals surface area contributed by atoms with Crippen molar-refractivity contribution < 1.29 is 14.4 Å². The quantitative estimate of drug-likeness (QED) is 0.866. The van der Waals surface area contributed by atoms with Crippen LogP contribution in [0.3, 0.4) is 0 Å². The van der Waals surface area contributed by atoms with E-state index < -0.39 is 0 Å². The molecule has 0 unspecified atom stereocenters. The van der Waals surface area contributed by atoms with Gasteiger partial charge in [0, 0.05) is 12.6 Å². The third kappa shape index (κ3) is 2.26. The number of fused-ring (bicyclic) bond motifs is 1. The van der Waals surface area contributed by atoms with Crippen LogP contribution in [0.4, 0.5) is 11.4 Å². The molecule has 5 heteroatoms. The Bertz CT molecular complexity index is 811. The van der Waals surface area contributed by atoms with E-state index in [0.717, 1.165) is 10.5 Å². The summed E-state index contributed by atoms with van der Waals surface area (Å²) in [5.41, 5.74) is 2.66. The molecule has 22 heavy (non-hydrogen) atoms. The van der Waals surface area contributed by atoms with Gasteiger partial charge in [-0.1, -0.05) is 12.1 Å². The summed E-state index contributed by atoms with van der Waals surface area (Å²) in [5.74, 6) is -0.954. The lowest BCUT2D eigenvalue weighted by Gasteiger charge is -2.14. The molecule has 1 N–H and O–H groups in total. The Morgan fingerprint density at radius 3 is 2.41 bits per heavy atom. The van der Waals surface area contributed by atoms with Crippen LogP contribution in [0.15, 0.2) is 42.5 Å². The number of amides is 3. The maximum atomic E-state index is 12.5. The third-order valence-corrected chi connectivity index (χ3v) is 3.47. The first kappa shape index (κ1) is 14.0. The van der Waals surface area contributed by atoms with E-state index in [4.69, 9.17) is 0 Å². The van der Waals surface area contributed by atoms with E-state index in [1.165, 1.54) is 13.0 Å². The summed E-state index contributed by atoms with van der Waals surface area (Å²) >= 11 is 0. The van der Waals surface area contributed by atoms with Gasteiger partial charge in [0.2, 0.25) is 5.91 Å². The second-order valence-corrected chi connectivity index (χ2v) is 5.23. The highest BCUT2D eigenvalue weighted by atomic mass is 16.2. The van der Waals surface area contributed by atoms with Crippen molar-refractivity contribution in [3.8, 4) is 0 Å². The summed E-state index contributed by atoms with van der Waals surface area (Å²) in [7, 11) is 0. The zero-order valence-electron chi connectivity index (χ0n) is 12.2. The fourth-order valence-electron chi connectivity index (χ4n) is 2.52. The van der Waals surface area contributed by atoms with Crippen LogP contribution in [0.5, 0.6) is 0 Å². The Morgan fingerprint density at radius 1 is 1.00 bits per heavy atom. The van der Waals surface area contributed by atoms with Crippen LogP contribution in [0.25, 0.3) is 0 Å². The van der Waals surface area contributed by atoms with Crippen molar-refractivity contribution in [2.24, 2.45) is 0 Å². The lowest BCUT2D eigenvalue weighted by atomic mass is 10.1. The summed E-state index contributed by atoms with van der Waals surface area (Å²) in [4.78, 5) is 37.3. The first-order valence-electron chi connectivity index (χ1n) is 6.84. The molecule has 0 fully saturated rings. The van der Waals surface area contributed by atoms with Crippen molar-refractivity contribution in [1.29, 1.82) is 0 Å². The molecule has 110 valence electrons. The summed E-state index contributed by atoms with van der Waals surface area (Å²) in [6.07, 6.45) is 0. The number of imide groups is 1. The summed E-state index contributed by atoms with van der Waals surface area (Å²) in [5, 5.41) is 2.61. The van der Waals surface area contributed by atoms with Gasteiger partial charge in [0.25, 0.3) is 11.8 Å². The zero-order chi connectivity index (χ0) is 15.9. The number of carbonyl (C=O) groups excluding carboxylic acids is 3. The number of nitrogens with one attached hydrogen (secondary N) is 1. The highest BCUT2D eigenvalue weighted by molar-refractivity contribution is 6.34. The average molecular weight is 294 g/mol. The minimum atomic E-state index is -0.377. The third-order valence-electron chi connectivity index (χ3n) is 3.47. The first-order valence-corrected chi connectivity index (χ1v) is 6.84. The van der Waals surface area contributed by atoms with Crippen LogP contribution in [-0.4, -0.2) is 17.7 Å². The van der Waals surface area contributed by atoms with Crippen molar-refractivity contribution in [3.63, 3.8) is 0 Å². The molecule has 0 aromatic heterocycles. The number of anilines is 2. The lowest BCUT2D eigenvalue weighted by molar-refractivity contribution is -0.114. The molecule has 1 aliphatic heterocycles. The maximum Gasteiger partial charge on any atom is 0.266 e. The van der Waals surface area contributed by atoms with E-state index in [1.54, 1.807) is 30.3 Å². The van der Waals surface area contributed by atoms with E-state index in [0.29, 0.717) is 22.5 Å². The number of rotatable bonds is 2. The molecule has 0 atom stereocenters. The molecule has 0 saturated heterocycles. The number of carbonyl (C=O) groups is 3. The largest absolute Gasteiger partial charge is 0.326 e. The Hall–Kier alpha value is -2.95. The van der Waals surface area contributed by atoms with E-state index in [9.17, 15) is 14.4 Å². The van der Waals surface area contributed by atoms with Gasteiger partial charge in [-0.3, -0.25) is 14.4 Å². The Morgan fingerprint density at radius 2 is 1.73 bits per heavy atom. The topological polar surface area (TPSA) is 66.5 Å². The molecule has 1 heterocycles. The van der Waals surface area contributed by atoms with Gasteiger partial charge in [-0.05, 0) is 42.8 Å². The van der Waals surface area contributed by atoms with E-state index in [1.807, 2.05) is 13.0 Å². The Kier molecular flexibility index (Phi) is 3.25. The molecular weight excluding hydrogens is 280 g/mol. The number of aryl methyl sites for hydroxylation is 1. The molecule has 2 aromatic rings. The fourth-order valence-corrected chi connectivity index (χ4v) is 2.52. The zero-order valence-corrected chi connectivity index (χ0v) is 12.2. The minimum absolute atomic E-state index is 0.229. The molecule has 0 saturated carbocycles. The molecule has 5 nitrogen and oxygen atoms in total. The van der Waals surface area contributed by atoms with Gasteiger partial charge in [0.05, 0.1) is 16.8 Å². The van der Waals surface area contributed by atoms with Gasteiger partial charge in [-0.25, -0.2) is 4.90 Å². The predicted molar refractivity (Wildman–Crippen MR) is 83.1 cm³/mol. The van der Waals surface area contributed by atoms with Crippen molar-refractivity contribution in [2.45, 2.75) is 13.8 Å². The van der Waals surface area contributed by atoms with E-state index in [2.05, 4.69) is 5.32 Å². The molecule has 3 amide bonds. The number of hydrogen-bond acceptors (Lipinski definition) is 3. The second-order valence-electron chi connectivity index (χ2n) is 5.23. The van der Waals surface area contributed by atoms with Gasteiger partial charge in [0.1, 0.15) is 0 Å². The summed E-state index contributed by atoms with van der Waals surface area (Å²) in [6.45, 7) is 3.29. The molecule has 3 rings (SSSR count). The molecule has 2 aromatic carbocycles. The lowest BCUT2D eigenvalue weighted by Crippen LogP contribution is -2.29. The van der Waals surface area contributed by atoms with E-state index in [-0.39, 0.29) is 17.7 Å². The molecule has 1 aliphatic rings. The SMILES string of the molecule is CC(=O)Nc1ccc2c(c1)C(=O)N(c1cccc(C)c1)C2=O. The highest BCUT2D eigenvalue weighted by Crippen LogP contribution is 2.30. The van der Waals surface area contributed by atoms with Gasteiger partial charge >= 0.3 is 0 Å². The van der Waals surface area contributed by atoms with Crippen LogP contribution in [0, 0.1) is 6.92 Å². The number of hydrogen-bond donors (Lipinski definition) is 1. The number of benzene rings is 2. The normalized spacial score (nSPS) is 13.3. The highest BCUT2D eigenvalue weighted by Gasteiger charge is 2.36. The summed E-state index contributed by atoms with van der Waals surface area (Å²) < 4.78 is 0. The fraction of sp³-hybridized carbons (Fsp3) is 0.118. The molecule has 0 bridgehead atoms. The first-order chi connectivity index (χ1) is 10.5. The molecule has 0 spiro atoms. The maximum absolute atomic E-state index is 12.5. The van der Waals surface area contributed by atoms with Gasteiger partial charge in [0.15, 0.2) is 0 Å².